The molecule has 0 aromatic heterocycles. The fourth-order valence-electron chi connectivity index (χ4n) is 2.00. The van der Waals surface area contributed by atoms with Crippen LogP contribution in [0.4, 0.5) is 5.69 Å². The van der Waals surface area contributed by atoms with E-state index in [1.54, 1.807) is 7.11 Å². The van der Waals surface area contributed by atoms with E-state index in [-0.39, 0.29) is 0 Å². The van der Waals surface area contributed by atoms with Gasteiger partial charge in [-0.3, -0.25) is 0 Å². The molecule has 0 amide bonds. The van der Waals surface area contributed by atoms with Gasteiger partial charge in [0.1, 0.15) is 5.75 Å². The molecule has 3 heteroatoms. The van der Waals surface area contributed by atoms with E-state index in [2.05, 4.69) is 29.7 Å². The van der Waals surface area contributed by atoms with Gasteiger partial charge in [-0.15, -0.1) is 0 Å². The Morgan fingerprint density at radius 3 is 3.00 bits per heavy atom. The Labute approximate surface area is 90.8 Å². The van der Waals surface area contributed by atoms with Crippen molar-refractivity contribution in [1.82, 2.24) is 5.32 Å². The average Bonchev–Trinajstić information content (AvgIpc) is 2.70. The molecule has 0 saturated carbocycles. The SMILES string of the molecule is CNC(C)C1Cc2cc(OC)ccc2N1. The molecule has 3 nitrogen and oxygen atoms in total. The van der Waals surface area contributed by atoms with Gasteiger partial charge in [-0.2, -0.15) is 0 Å². The molecule has 0 fully saturated rings. The smallest absolute Gasteiger partial charge is 0.119 e. The lowest BCUT2D eigenvalue weighted by atomic mass is 10.1. The summed E-state index contributed by atoms with van der Waals surface area (Å²) < 4.78 is 5.22. The molecule has 82 valence electrons. The van der Waals surface area contributed by atoms with E-state index in [0.717, 1.165) is 12.2 Å². The van der Waals surface area contributed by atoms with Crippen LogP contribution in [0.25, 0.3) is 0 Å². The van der Waals surface area contributed by atoms with Crippen LogP contribution in [0.1, 0.15) is 12.5 Å². The highest BCUT2D eigenvalue weighted by molar-refractivity contribution is 5.59. The van der Waals surface area contributed by atoms with E-state index in [0.29, 0.717) is 12.1 Å². The molecule has 1 aliphatic rings. The third kappa shape index (κ3) is 1.92. The summed E-state index contributed by atoms with van der Waals surface area (Å²) >= 11 is 0. The fourth-order valence-corrected chi connectivity index (χ4v) is 2.00. The second kappa shape index (κ2) is 4.11. The minimum atomic E-state index is 0.475. The zero-order valence-corrected chi connectivity index (χ0v) is 9.50. The van der Waals surface area contributed by atoms with Crippen molar-refractivity contribution >= 4 is 5.69 Å². The van der Waals surface area contributed by atoms with Crippen LogP contribution in [0.3, 0.4) is 0 Å². The summed E-state index contributed by atoms with van der Waals surface area (Å²) in [6.45, 7) is 2.20. The number of rotatable bonds is 3. The highest BCUT2D eigenvalue weighted by atomic mass is 16.5. The van der Waals surface area contributed by atoms with Crippen LogP contribution in [-0.2, 0) is 6.42 Å². The first-order chi connectivity index (χ1) is 7.24. The number of benzene rings is 1. The Morgan fingerprint density at radius 1 is 1.53 bits per heavy atom. The maximum Gasteiger partial charge on any atom is 0.119 e. The van der Waals surface area contributed by atoms with Crippen molar-refractivity contribution in [2.75, 3.05) is 19.5 Å². The molecule has 15 heavy (non-hydrogen) atoms. The summed E-state index contributed by atoms with van der Waals surface area (Å²) in [5.41, 5.74) is 2.59. The number of nitrogens with one attached hydrogen (secondary N) is 2. The zero-order valence-electron chi connectivity index (χ0n) is 9.50. The number of methoxy groups -OCH3 is 1. The Hall–Kier alpha value is -1.22. The molecular formula is C12H18N2O. The summed E-state index contributed by atoms with van der Waals surface area (Å²) in [7, 11) is 3.70. The van der Waals surface area contributed by atoms with E-state index in [9.17, 15) is 0 Å². The number of hydrogen-bond acceptors (Lipinski definition) is 3. The maximum absolute atomic E-state index is 5.22. The molecule has 2 N–H and O–H groups in total. The number of hydrogen-bond donors (Lipinski definition) is 2. The molecule has 2 unspecified atom stereocenters. The average molecular weight is 206 g/mol. The summed E-state index contributed by atoms with van der Waals surface area (Å²) in [5, 5.41) is 6.79. The van der Waals surface area contributed by atoms with Gasteiger partial charge in [0.15, 0.2) is 0 Å². The molecule has 0 spiro atoms. The molecule has 2 atom stereocenters. The molecule has 1 aromatic carbocycles. The Balaban J connectivity index is 2.16. The number of ether oxygens (including phenoxy) is 1. The van der Waals surface area contributed by atoms with Gasteiger partial charge in [-0.05, 0) is 44.2 Å². The van der Waals surface area contributed by atoms with Gasteiger partial charge < -0.3 is 15.4 Å². The minimum absolute atomic E-state index is 0.475. The van der Waals surface area contributed by atoms with Crippen LogP contribution in [0.5, 0.6) is 5.75 Å². The molecular weight excluding hydrogens is 188 g/mol. The van der Waals surface area contributed by atoms with Gasteiger partial charge in [0.2, 0.25) is 0 Å². The van der Waals surface area contributed by atoms with Crippen LogP contribution in [0.2, 0.25) is 0 Å². The molecule has 1 aliphatic heterocycles. The minimum Gasteiger partial charge on any atom is -0.497 e. The van der Waals surface area contributed by atoms with Gasteiger partial charge in [0.05, 0.1) is 7.11 Å². The van der Waals surface area contributed by atoms with Crippen molar-refractivity contribution in [2.24, 2.45) is 0 Å². The van der Waals surface area contributed by atoms with Crippen LogP contribution < -0.4 is 15.4 Å². The first kappa shape index (κ1) is 10.3. The largest absolute Gasteiger partial charge is 0.497 e. The predicted octanol–water partition coefficient (Wildman–Crippen LogP) is 1.64. The van der Waals surface area contributed by atoms with Gasteiger partial charge in [-0.25, -0.2) is 0 Å². The molecule has 2 rings (SSSR count). The molecule has 0 bridgehead atoms. The number of anilines is 1. The maximum atomic E-state index is 5.22. The van der Waals surface area contributed by atoms with Crippen LogP contribution >= 0.6 is 0 Å². The lowest BCUT2D eigenvalue weighted by molar-refractivity contribution is 0.414. The monoisotopic (exact) mass is 206 g/mol. The molecule has 0 radical (unpaired) electrons. The van der Waals surface area contributed by atoms with Gasteiger partial charge in [-0.1, -0.05) is 0 Å². The second-order valence-corrected chi connectivity index (χ2v) is 4.06. The van der Waals surface area contributed by atoms with Crippen molar-refractivity contribution in [3.8, 4) is 5.75 Å². The summed E-state index contributed by atoms with van der Waals surface area (Å²) in [5.74, 6) is 0.938. The quantitative estimate of drug-likeness (QED) is 0.788. The van der Waals surface area contributed by atoms with Crippen molar-refractivity contribution in [2.45, 2.75) is 25.4 Å². The standard InChI is InChI=1S/C12H18N2O/c1-8(13-2)12-7-9-6-10(15-3)4-5-11(9)14-12/h4-6,8,12-14H,7H2,1-3H3. The topological polar surface area (TPSA) is 33.3 Å². The van der Waals surface area contributed by atoms with Crippen molar-refractivity contribution in [3.63, 3.8) is 0 Å². The lowest BCUT2D eigenvalue weighted by Gasteiger charge is -2.18. The highest BCUT2D eigenvalue weighted by Crippen LogP contribution is 2.30. The summed E-state index contributed by atoms with van der Waals surface area (Å²) in [6.07, 6.45) is 1.06. The van der Waals surface area contributed by atoms with E-state index < -0.39 is 0 Å². The number of fused-ring (bicyclic) bond motifs is 1. The van der Waals surface area contributed by atoms with Crippen molar-refractivity contribution in [3.05, 3.63) is 23.8 Å². The van der Waals surface area contributed by atoms with Crippen molar-refractivity contribution < 1.29 is 4.74 Å². The highest BCUT2D eigenvalue weighted by Gasteiger charge is 2.24. The second-order valence-electron chi connectivity index (χ2n) is 4.06. The Kier molecular flexibility index (Phi) is 2.82. The predicted molar refractivity (Wildman–Crippen MR) is 62.6 cm³/mol. The molecule has 0 saturated heterocycles. The molecule has 1 heterocycles. The third-order valence-corrected chi connectivity index (χ3v) is 3.15. The van der Waals surface area contributed by atoms with E-state index >= 15 is 0 Å². The van der Waals surface area contributed by atoms with Gasteiger partial charge >= 0.3 is 0 Å². The normalized spacial score (nSPS) is 20.6. The number of likely N-dealkylation sites (N-methyl/N-ethyl adjacent to an activating group) is 1. The van der Waals surface area contributed by atoms with E-state index in [1.165, 1.54) is 11.3 Å². The van der Waals surface area contributed by atoms with E-state index in [1.807, 2.05) is 13.1 Å². The molecule has 0 aliphatic carbocycles. The van der Waals surface area contributed by atoms with Gasteiger partial charge in [0, 0.05) is 17.8 Å². The first-order valence-corrected chi connectivity index (χ1v) is 5.35. The Morgan fingerprint density at radius 2 is 2.33 bits per heavy atom. The zero-order chi connectivity index (χ0) is 10.8. The molecule has 1 aromatic rings. The van der Waals surface area contributed by atoms with Gasteiger partial charge in [0.25, 0.3) is 0 Å². The summed E-state index contributed by atoms with van der Waals surface area (Å²) in [4.78, 5) is 0. The first-order valence-electron chi connectivity index (χ1n) is 5.35. The van der Waals surface area contributed by atoms with Crippen LogP contribution in [0.15, 0.2) is 18.2 Å². The summed E-state index contributed by atoms with van der Waals surface area (Å²) in [6, 6.07) is 7.17. The lowest BCUT2D eigenvalue weighted by Crippen LogP contribution is -2.38. The van der Waals surface area contributed by atoms with Crippen LogP contribution in [-0.4, -0.2) is 26.2 Å². The Bertz CT molecular complexity index is 351. The third-order valence-electron chi connectivity index (χ3n) is 3.15. The fraction of sp³-hybridized carbons (Fsp3) is 0.500. The van der Waals surface area contributed by atoms with E-state index in [4.69, 9.17) is 4.74 Å². The van der Waals surface area contributed by atoms with Crippen molar-refractivity contribution in [1.29, 1.82) is 0 Å². The van der Waals surface area contributed by atoms with Crippen LogP contribution in [0, 0.1) is 0 Å².